The van der Waals surface area contributed by atoms with Gasteiger partial charge in [-0.1, -0.05) is 19.0 Å². The maximum Gasteiger partial charge on any atom is 0.226 e. The topological polar surface area (TPSA) is 64.9 Å². The molecular weight excluding hydrogens is 246 g/mol. The van der Waals surface area contributed by atoms with Gasteiger partial charge in [-0.05, 0) is 43.4 Å². The molecule has 1 aliphatic rings. The van der Waals surface area contributed by atoms with Crippen molar-refractivity contribution in [2.24, 2.45) is 11.1 Å². The van der Waals surface area contributed by atoms with Crippen molar-refractivity contribution in [1.29, 1.82) is 0 Å². The van der Waals surface area contributed by atoms with Gasteiger partial charge in [0.2, 0.25) is 5.89 Å². The molecule has 0 aromatic carbocycles. The van der Waals surface area contributed by atoms with E-state index in [2.05, 4.69) is 24.0 Å². The molecule has 1 saturated heterocycles. The highest BCUT2D eigenvalue weighted by atomic mass is 32.2. The molecule has 102 valence electrons. The third-order valence-electron chi connectivity index (χ3n) is 3.54. The third-order valence-corrected chi connectivity index (χ3v) is 4.91. The minimum atomic E-state index is 0.255. The Morgan fingerprint density at radius 3 is 2.94 bits per heavy atom. The Balaban J connectivity index is 1.86. The van der Waals surface area contributed by atoms with Crippen molar-refractivity contribution < 1.29 is 4.52 Å². The Kier molecular flexibility index (Phi) is 4.67. The maximum absolute atomic E-state index is 5.62. The smallest absolute Gasteiger partial charge is 0.226 e. The van der Waals surface area contributed by atoms with Gasteiger partial charge in [0.25, 0.3) is 0 Å². The molecule has 1 atom stereocenters. The first-order valence-electron chi connectivity index (χ1n) is 6.75. The van der Waals surface area contributed by atoms with Crippen LogP contribution in [0.5, 0.6) is 0 Å². The van der Waals surface area contributed by atoms with Crippen molar-refractivity contribution >= 4 is 11.8 Å². The van der Waals surface area contributed by atoms with Crippen LogP contribution >= 0.6 is 11.8 Å². The Morgan fingerprint density at radius 1 is 1.44 bits per heavy atom. The van der Waals surface area contributed by atoms with Crippen LogP contribution in [0.2, 0.25) is 0 Å². The first-order valence-corrected chi connectivity index (χ1v) is 7.80. The Bertz CT molecular complexity index is 372. The van der Waals surface area contributed by atoms with Gasteiger partial charge < -0.3 is 10.3 Å². The lowest BCUT2D eigenvalue weighted by molar-refractivity contribution is 0.288. The van der Waals surface area contributed by atoms with E-state index in [-0.39, 0.29) is 5.41 Å². The van der Waals surface area contributed by atoms with Crippen molar-refractivity contribution in [3.05, 3.63) is 11.7 Å². The molecule has 1 fully saturated rings. The first-order chi connectivity index (χ1) is 8.61. The number of hydrogen-bond donors (Lipinski definition) is 1. The molecule has 18 heavy (non-hydrogen) atoms. The van der Waals surface area contributed by atoms with Crippen molar-refractivity contribution in [3.8, 4) is 0 Å². The molecule has 0 amide bonds. The largest absolute Gasteiger partial charge is 0.339 e. The number of rotatable bonds is 6. The fourth-order valence-corrected chi connectivity index (χ4v) is 3.44. The van der Waals surface area contributed by atoms with E-state index in [1.54, 1.807) is 0 Å². The summed E-state index contributed by atoms with van der Waals surface area (Å²) in [5, 5.41) is 4.57. The highest BCUT2D eigenvalue weighted by Crippen LogP contribution is 2.38. The summed E-state index contributed by atoms with van der Waals surface area (Å²) in [5.74, 6) is 2.89. The van der Waals surface area contributed by atoms with Crippen LogP contribution in [-0.4, -0.2) is 22.4 Å². The molecule has 2 rings (SSSR count). The minimum absolute atomic E-state index is 0.255. The number of aryl methyl sites for hydroxylation is 1. The summed E-state index contributed by atoms with van der Waals surface area (Å²) >= 11 is 1.94. The average Bonchev–Trinajstić information content (AvgIpc) is 2.97. The molecule has 1 aromatic rings. The molecule has 5 heteroatoms. The average molecular weight is 269 g/mol. The van der Waals surface area contributed by atoms with E-state index < -0.39 is 0 Å². The summed E-state index contributed by atoms with van der Waals surface area (Å²) in [5.41, 5.74) is 5.87. The Morgan fingerprint density at radius 2 is 2.28 bits per heavy atom. The molecule has 1 unspecified atom stereocenters. The fraction of sp³-hybridized carbons (Fsp3) is 0.846. The van der Waals surface area contributed by atoms with Crippen LogP contribution in [-0.2, 0) is 6.42 Å². The van der Waals surface area contributed by atoms with Gasteiger partial charge >= 0.3 is 0 Å². The number of aromatic nitrogens is 2. The number of nitrogens with two attached hydrogens (primary N) is 1. The lowest BCUT2D eigenvalue weighted by Gasteiger charge is -2.22. The molecule has 1 aromatic heterocycles. The molecular formula is C13H23N3OS. The maximum atomic E-state index is 5.62. The first kappa shape index (κ1) is 13.9. The molecule has 4 nitrogen and oxygen atoms in total. The van der Waals surface area contributed by atoms with Crippen LogP contribution in [0.3, 0.4) is 0 Å². The van der Waals surface area contributed by atoms with Gasteiger partial charge in [0.1, 0.15) is 0 Å². The molecule has 0 bridgehead atoms. The summed E-state index contributed by atoms with van der Waals surface area (Å²) in [6.07, 6.45) is 5.39. The van der Waals surface area contributed by atoms with Gasteiger partial charge in [0.15, 0.2) is 5.82 Å². The van der Waals surface area contributed by atoms with Gasteiger partial charge in [-0.25, -0.2) is 0 Å². The molecule has 2 heterocycles. The van der Waals surface area contributed by atoms with E-state index in [0.29, 0.717) is 5.25 Å². The molecule has 2 N–H and O–H groups in total. The van der Waals surface area contributed by atoms with E-state index >= 15 is 0 Å². The zero-order chi connectivity index (χ0) is 13.0. The molecule has 0 radical (unpaired) electrons. The SMILES string of the molecule is CC(C)(CCN)CCc1nc(C2CCCS2)no1. The minimum Gasteiger partial charge on any atom is -0.339 e. The second-order valence-corrected chi connectivity index (χ2v) is 7.06. The standard InChI is InChI=1S/C13H23N3OS/c1-13(2,7-8-14)6-5-11-15-12(16-17-11)10-4-3-9-18-10/h10H,3-9,14H2,1-2H3. The summed E-state index contributed by atoms with van der Waals surface area (Å²) in [6, 6.07) is 0. The van der Waals surface area contributed by atoms with Crippen LogP contribution in [0.1, 0.15) is 56.5 Å². The third kappa shape index (κ3) is 3.72. The van der Waals surface area contributed by atoms with Crippen LogP contribution < -0.4 is 5.73 Å². The summed E-state index contributed by atoms with van der Waals surface area (Å²) in [4.78, 5) is 4.53. The van der Waals surface area contributed by atoms with Crippen LogP contribution in [0.4, 0.5) is 0 Å². The molecule has 1 aliphatic heterocycles. The van der Waals surface area contributed by atoms with Gasteiger partial charge in [-0.15, -0.1) is 0 Å². The Labute approximate surface area is 113 Å². The quantitative estimate of drug-likeness (QED) is 0.860. The fourth-order valence-electron chi connectivity index (χ4n) is 2.24. The van der Waals surface area contributed by atoms with Gasteiger partial charge in [0.05, 0.1) is 5.25 Å². The summed E-state index contributed by atoms with van der Waals surface area (Å²) < 4.78 is 5.34. The van der Waals surface area contributed by atoms with Crippen LogP contribution in [0, 0.1) is 5.41 Å². The van der Waals surface area contributed by atoms with E-state index in [1.807, 2.05) is 11.8 Å². The summed E-state index contributed by atoms with van der Waals surface area (Å²) in [6.45, 7) is 5.22. The molecule has 0 saturated carbocycles. The van der Waals surface area contributed by atoms with Crippen LogP contribution in [0.15, 0.2) is 4.52 Å². The van der Waals surface area contributed by atoms with E-state index in [0.717, 1.165) is 37.5 Å². The normalized spacial score (nSPS) is 20.5. The van der Waals surface area contributed by atoms with Gasteiger partial charge in [-0.2, -0.15) is 16.7 Å². The lowest BCUT2D eigenvalue weighted by Crippen LogP contribution is -2.17. The predicted molar refractivity (Wildman–Crippen MR) is 74.5 cm³/mol. The monoisotopic (exact) mass is 269 g/mol. The van der Waals surface area contributed by atoms with Crippen molar-refractivity contribution in [2.45, 2.75) is 51.2 Å². The van der Waals surface area contributed by atoms with E-state index in [1.165, 1.54) is 18.6 Å². The Hall–Kier alpha value is -0.550. The number of thioether (sulfide) groups is 1. The highest BCUT2D eigenvalue weighted by molar-refractivity contribution is 7.99. The van der Waals surface area contributed by atoms with E-state index in [9.17, 15) is 0 Å². The van der Waals surface area contributed by atoms with Crippen LogP contribution in [0.25, 0.3) is 0 Å². The van der Waals surface area contributed by atoms with Crippen molar-refractivity contribution in [2.75, 3.05) is 12.3 Å². The number of hydrogen-bond acceptors (Lipinski definition) is 5. The van der Waals surface area contributed by atoms with E-state index in [4.69, 9.17) is 10.3 Å². The lowest BCUT2D eigenvalue weighted by atomic mass is 9.84. The van der Waals surface area contributed by atoms with Gasteiger partial charge in [-0.3, -0.25) is 0 Å². The molecule has 0 spiro atoms. The summed E-state index contributed by atoms with van der Waals surface area (Å²) in [7, 11) is 0. The number of nitrogens with zero attached hydrogens (tertiary/aromatic N) is 2. The zero-order valence-electron chi connectivity index (χ0n) is 11.3. The highest BCUT2D eigenvalue weighted by Gasteiger charge is 2.24. The van der Waals surface area contributed by atoms with Crippen molar-refractivity contribution in [1.82, 2.24) is 10.1 Å². The predicted octanol–water partition coefficient (Wildman–Crippen LogP) is 2.95. The molecule has 0 aliphatic carbocycles. The second-order valence-electron chi connectivity index (χ2n) is 5.75. The van der Waals surface area contributed by atoms with Crippen molar-refractivity contribution in [3.63, 3.8) is 0 Å². The zero-order valence-corrected chi connectivity index (χ0v) is 12.1. The van der Waals surface area contributed by atoms with Gasteiger partial charge in [0, 0.05) is 6.42 Å². The second kappa shape index (κ2) is 6.06.